The predicted molar refractivity (Wildman–Crippen MR) is 65.4 cm³/mol. The number of carboxylic acid groups (broad SMARTS) is 1. The molecule has 1 aliphatic heterocycles. The van der Waals surface area contributed by atoms with Crippen LogP contribution >= 0.6 is 11.3 Å². The zero-order chi connectivity index (χ0) is 12.3. The summed E-state index contributed by atoms with van der Waals surface area (Å²) >= 11 is 1.43. The molecule has 0 saturated carbocycles. The fourth-order valence-electron chi connectivity index (χ4n) is 2.12. The number of thiophene rings is 1. The van der Waals surface area contributed by atoms with Gasteiger partial charge in [-0.25, -0.2) is 0 Å². The minimum atomic E-state index is -0.752. The molecule has 1 N–H and O–H groups in total. The third kappa shape index (κ3) is 3.14. The molecule has 1 saturated heterocycles. The van der Waals surface area contributed by atoms with Gasteiger partial charge in [0, 0.05) is 6.54 Å². The fourth-order valence-corrected chi connectivity index (χ4v) is 2.78. The number of rotatable bonds is 4. The Hall–Kier alpha value is -1.20. The summed E-state index contributed by atoms with van der Waals surface area (Å²) in [6.07, 6.45) is 1.58. The van der Waals surface area contributed by atoms with Gasteiger partial charge in [-0.1, -0.05) is 6.07 Å². The highest BCUT2D eigenvalue weighted by atomic mass is 32.1. The molecule has 0 aromatic carbocycles. The van der Waals surface area contributed by atoms with E-state index in [0.717, 1.165) is 24.3 Å². The molecule has 1 aromatic rings. The van der Waals surface area contributed by atoms with E-state index in [1.807, 2.05) is 22.4 Å². The predicted octanol–water partition coefficient (Wildman–Crippen LogP) is 1.73. The SMILES string of the molecule is O=C(CN1CCC[C@H](C(=O)O)C1)c1cccs1. The average molecular weight is 253 g/mol. The minimum Gasteiger partial charge on any atom is -0.481 e. The second-order valence-corrected chi connectivity index (χ2v) is 5.26. The summed E-state index contributed by atoms with van der Waals surface area (Å²) in [6.45, 7) is 1.65. The van der Waals surface area contributed by atoms with E-state index >= 15 is 0 Å². The summed E-state index contributed by atoms with van der Waals surface area (Å²) in [5.74, 6) is -0.982. The Kier molecular flexibility index (Phi) is 3.91. The van der Waals surface area contributed by atoms with Gasteiger partial charge in [-0.2, -0.15) is 0 Å². The van der Waals surface area contributed by atoms with Crippen LogP contribution in [0.1, 0.15) is 22.5 Å². The average Bonchev–Trinajstić information content (AvgIpc) is 2.82. The van der Waals surface area contributed by atoms with Crippen molar-refractivity contribution in [1.29, 1.82) is 0 Å². The van der Waals surface area contributed by atoms with Gasteiger partial charge in [0.25, 0.3) is 0 Å². The third-order valence-corrected chi connectivity index (χ3v) is 3.93. The highest BCUT2D eigenvalue weighted by Crippen LogP contribution is 2.18. The number of hydrogen-bond donors (Lipinski definition) is 1. The largest absolute Gasteiger partial charge is 0.481 e. The van der Waals surface area contributed by atoms with Crippen LogP contribution in [-0.4, -0.2) is 41.4 Å². The van der Waals surface area contributed by atoms with Crippen LogP contribution < -0.4 is 0 Å². The first kappa shape index (κ1) is 12.3. The van der Waals surface area contributed by atoms with Crippen molar-refractivity contribution in [1.82, 2.24) is 4.90 Å². The van der Waals surface area contributed by atoms with E-state index in [1.165, 1.54) is 11.3 Å². The number of nitrogens with zero attached hydrogens (tertiary/aromatic N) is 1. The number of Topliss-reactive ketones (excluding diaryl/α,β-unsaturated/α-hetero) is 1. The van der Waals surface area contributed by atoms with Gasteiger partial charge in [0.1, 0.15) is 0 Å². The molecule has 92 valence electrons. The van der Waals surface area contributed by atoms with E-state index < -0.39 is 5.97 Å². The molecule has 17 heavy (non-hydrogen) atoms. The minimum absolute atomic E-state index is 0.0889. The molecule has 2 rings (SSSR count). The van der Waals surface area contributed by atoms with E-state index in [4.69, 9.17) is 5.11 Å². The molecule has 2 heterocycles. The van der Waals surface area contributed by atoms with Gasteiger partial charge in [0.2, 0.25) is 0 Å². The quantitative estimate of drug-likeness (QED) is 0.830. The zero-order valence-electron chi connectivity index (χ0n) is 9.46. The second kappa shape index (κ2) is 5.42. The number of hydrogen-bond acceptors (Lipinski definition) is 4. The van der Waals surface area contributed by atoms with Crippen LogP contribution in [0.4, 0.5) is 0 Å². The first-order chi connectivity index (χ1) is 8.16. The second-order valence-electron chi connectivity index (χ2n) is 4.31. The molecule has 0 radical (unpaired) electrons. The Morgan fingerprint density at radius 1 is 1.53 bits per heavy atom. The number of carbonyl (C=O) groups is 2. The van der Waals surface area contributed by atoms with E-state index in [9.17, 15) is 9.59 Å². The van der Waals surface area contributed by atoms with Crippen molar-refractivity contribution in [2.75, 3.05) is 19.6 Å². The lowest BCUT2D eigenvalue weighted by Crippen LogP contribution is -2.41. The van der Waals surface area contributed by atoms with Gasteiger partial charge in [-0.3, -0.25) is 14.5 Å². The maximum Gasteiger partial charge on any atom is 0.307 e. The number of piperidine rings is 1. The summed E-state index contributed by atoms with van der Waals surface area (Å²) in [4.78, 5) is 25.5. The fraction of sp³-hybridized carbons (Fsp3) is 0.500. The smallest absolute Gasteiger partial charge is 0.307 e. The van der Waals surface area contributed by atoms with Gasteiger partial charge in [0.15, 0.2) is 5.78 Å². The van der Waals surface area contributed by atoms with Crippen molar-refractivity contribution in [3.05, 3.63) is 22.4 Å². The maximum atomic E-state index is 11.9. The highest BCUT2D eigenvalue weighted by Gasteiger charge is 2.26. The molecule has 0 spiro atoms. The van der Waals surface area contributed by atoms with Crippen molar-refractivity contribution in [3.63, 3.8) is 0 Å². The zero-order valence-corrected chi connectivity index (χ0v) is 10.3. The normalized spacial score (nSPS) is 21.3. The van der Waals surface area contributed by atoms with E-state index in [2.05, 4.69) is 0 Å². The Labute approximate surface area is 104 Å². The van der Waals surface area contributed by atoms with Crippen LogP contribution in [0.15, 0.2) is 17.5 Å². The lowest BCUT2D eigenvalue weighted by molar-refractivity contribution is -0.143. The molecule has 4 nitrogen and oxygen atoms in total. The molecule has 0 bridgehead atoms. The van der Waals surface area contributed by atoms with Crippen molar-refractivity contribution >= 4 is 23.1 Å². The van der Waals surface area contributed by atoms with Crippen molar-refractivity contribution in [2.24, 2.45) is 5.92 Å². The number of aliphatic carboxylic acids is 1. The van der Waals surface area contributed by atoms with Crippen molar-refractivity contribution in [3.8, 4) is 0 Å². The van der Waals surface area contributed by atoms with Crippen LogP contribution in [-0.2, 0) is 4.79 Å². The van der Waals surface area contributed by atoms with Crippen LogP contribution in [0.2, 0.25) is 0 Å². The van der Waals surface area contributed by atoms with Crippen LogP contribution in [0.25, 0.3) is 0 Å². The lowest BCUT2D eigenvalue weighted by atomic mass is 9.98. The van der Waals surface area contributed by atoms with Crippen molar-refractivity contribution < 1.29 is 14.7 Å². The summed E-state index contributed by atoms with van der Waals surface area (Å²) in [6, 6.07) is 3.67. The number of carboxylic acids is 1. The summed E-state index contributed by atoms with van der Waals surface area (Å²) in [7, 11) is 0. The Morgan fingerprint density at radius 3 is 3.00 bits per heavy atom. The van der Waals surface area contributed by atoms with Gasteiger partial charge in [0.05, 0.1) is 17.3 Å². The first-order valence-electron chi connectivity index (χ1n) is 5.68. The summed E-state index contributed by atoms with van der Waals surface area (Å²) in [5, 5.41) is 10.8. The molecule has 1 fully saturated rings. The maximum absolute atomic E-state index is 11.9. The summed E-state index contributed by atoms with van der Waals surface area (Å²) < 4.78 is 0. The first-order valence-corrected chi connectivity index (χ1v) is 6.56. The van der Waals surface area contributed by atoms with Crippen LogP contribution in [0, 0.1) is 5.92 Å². The molecular formula is C12H15NO3S. The standard InChI is InChI=1S/C12H15NO3S/c14-10(11-4-2-6-17-11)8-13-5-1-3-9(7-13)12(15)16/h2,4,6,9H,1,3,5,7-8H2,(H,15,16)/t9-/m0/s1. The molecular weight excluding hydrogens is 238 g/mol. The molecule has 1 aliphatic rings. The van der Waals surface area contributed by atoms with E-state index in [1.54, 1.807) is 0 Å². The number of carbonyl (C=O) groups excluding carboxylic acids is 1. The third-order valence-electron chi connectivity index (χ3n) is 3.02. The topological polar surface area (TPSA) is 57.6 Å². The van der Waals surface area contributed by atoms with Crippen LogP contribution in [0.3, 0.4) is 0 Å². The number of likely N-dealkylation sites (tertiary alicyclic amines) is 1. The van der Waals surface area contributed by atoms with Crippen molar-refractivity contribution in [2.45, 2.75) is 12.8 Å². The molecule has 5 heteroatoms. The highest BCUT2D eigenvalue weighted by molar-refractivity contribution is 7.12. The summed E-state index contributed by atoms with van der Waals surface area (Å²) in [5.41, 5.74) is 0. The monoisotopic (exact) mass is 253 g/mol. The lowest BCUT2D eigenvalue weighted by Gasteiger charge is -2.29. The van der Waals surface area contributed by atoms with E-state index in [0.29, 0.717) is 13.1 Å². The molecule has 0 amide bonds. The van der Waals surface area contributed by atoms with Crippen LogP contribution in [0.5, 0.6) is 0 Å². The van der Waals surface area contributed by atoms with Gasteiger partial charge in [-0.15, -0.1) is 11.3 Å². The van der Waals surface area contributed by atoms with Gasteiger partial charge < -0.3 is 5.11 Å². The molecule has 0 unspecified atom stereocenters. The molecule has 1 aromatic heterocycles. The van der Waals surface area contributed by atoms with E-state index in [-0.39, 0.29) is 11.7 Å². The molecule has 1 atom stereocenters. The Balaban J connectivity index is 1.91. The van der Waals surface area contributed by atoms with Gasteiger partial charge >= 0.3 is 5.97 Å². The van der Waals surface area contributed by atoms with Gasteiger partial charge in [-0.05, 0) is 30.8 Å². The number of ketones is 1. The Morgan fingerprint density at radius 2 is 2.35 bits per heavy atom. The molecule has 0 aliphatic carbocycles. The Bertz CT molecular complexity index is 402.